The number of allylic oxidation sites excluding steroid dienone is 1. The molecule has 1 rings (SSSR count). The van der Waals surface area contributed by atoms with Gasteiger partial charge in [0.15, 0.2) is 0 Å². The Hall–Kier alpha value is -0.340. The molecule has 0 radical (unpaired) electrons. The van der Waals surface area contributed by atoms with Gasteiger partial charge in [0.1, 0.15) is 0 Å². The molecule has 2 atom stereocenters. The van der Waals surface area contributed by atoms with Crippen LogP contribution in [0.25, 0.3) is 0 Å². The molecule has 2 heteroatoms. The van der Waals surface area contributed by atoms with E-state index in [-0.39, 0.29) is 0 Å². The van der Waals surface area contributed by atoms with Gasteiger partial charge < -0.3 is 10.1 Å². The summed E-state index contributed by atoms with van der Waals surface area (Å²) in [6.45, 7) is 8.02. The van der Waals surface area contributed by atoms with Crippen LogP contribution in [-0.4, -0.2) is 25.3 Å². The van der Waals surface area contributed by atoms with Gasteiger partial charge in [0.2, 0.25) is 0 Å². The van der Waals surface area contributed by atoms with Crippen molar-refractivity contribution < 1.29 is 4.74 Å². The van der Waals surface area contributed by atoms with Crippen LogP contribution in [-0.2, 0) is 4.74 Å². The molecule has 2 nitrogen and oxygen atoms in total. The minimum absolute atomic E-state index is 0.510. The van der Waals surface area contributed by atoms with Crippen molar-refractivity contribution >= 4 is 0 Å². The Bertz CT molecular complexity index is 199. The quantitative estimate of drug-likeness (QED) is 0.468. The Kier molecular flexibility index (Phi) is 9.23. The number of rotatable bonds is 10. The molecule has 0 aromatic heterocycles. The molecule has 1 N–H and O–H groups in total. The Morgan fingerprint density at radius 2 is 2.22 bits per heavy atom. The lowest BCUT2D eigenvalue weighted by molar-refractivity contribution is 0.00467. The summed E-state index contributed by atoms with van der Waals surface area (Å²) in [5.41, 5.74) is 0. The predicted octanol–water partition coefficient (Wildman–Crippen LogP) is 4.06. The Morgan fingerprint density at radius 3 is 2.89 bits per heavy atom. The number of ether oxygens (including phenoxy) is 1. The monoisotopic (exact) mass is 253 g/mol. The highest BCUT2D eigenvalue weighted by molar-refractivity contribution is 4.74. The molecule has 0 amide bonds. The van der Waals surface area contributed by atoms with Crippen molar-refractivity contribution in [3.8, 4) is 0 Å². The maximum atomic E-state index is 5.85. The second kappa shape index (κ2) is 10.6. The van der Waals surface area contributed by atoms with Gasteiger partial charge in [0, 0.05) is 12.6 Å². The maximum Gasteiger partial charge on any atom is 0.0590 e. The molecule has 0 aromatic rings. The van der Waals surface area contributed by atoms with Crippen LogP contribution in [0.3, 0.4) is 0 Å². The van der Waals surface area contributed by atoms with Crippen molar-refractivity contribution in [2.24, 2.45) is 0 Å². The molecule has 1 heterocycles. The molecule has 0 saturated carbocycles. The van der Waals surface area contributed by atoms with E-state index in [4.69, 9.17) is 4.74 Å². The van der Waals surface area contributed by atoms with Crippen molar-refractivity contribution in [3.05, 3.63) is 12.7 Å². The highest BCUT2D eigenvalue weighted by Gasteiger charge is 2.18. The first-order valence-corrected chi connectivity index (χ1v) is 7.82. The summed E-state index contributed by atoms with van der Waals surface area (Å²) >= 11 is 0. The second-order valence-electron chi connectivity index (χ2n) is 5.41. The lowest BCUT2D eigenvalue weighted by Gasteiger charge is -2.27. The van der Waals surface area contributed by atoms with Gasteiger partial charge >= 0.3 is 0 Å². The zero-order chi connectivity index (χ0) is 13.1. The SMILES string of the molecule is C=CCCCCCC(CC1CCCCO1)NCC. The van der Waals surface area contributed by atoms with Crippen LogP contribution in [0.15, 0.2) is 12.7 Å². The second-order valence-corrected chi connectivity index (χ2v) is 5.41. The lowest BCUT2D eigenvalue weighted by atomic mass is 9.97. The molecule has 1 aliphatic heterocycles. The number of hydrogen-bond donors (Lipinski definition) is 1. The van der Waals surface area contributed by atoms with E-state index in [1.807, 2.05) is 6.08 Å². The standard InChI is InChI=1S/C16H31NO/c1-3-5-6-7-8-11-15(17-4-2)14-16-12-9-10-13-18-16/h3,15-17H,1,4-14H2,2H3. The van der Waals surface area contributed by atoms with E-state index in [0.717, 1.165) is 19.6 Å². The maximum absolute atomic E-state index is 5.85. The fourth-order valence-electron chi connectivity index (χ4n) is 2.76. The fraction of sp³-hybridized carbons (Fsp3) is 0.875. The van der Waals surface area contributed by atoms with E-state index < -0.39 is 0 Å². The van der Waals surface area contributed by atoms with E-state index >= 15 is 0 Å². The average Bonchev–Trinajstić information content (AvgIpc) is 2.40. The van der Waals surface area contributed by atoms with Crippen LogP contribution in [0.4, 0.5) is 0 Å². The minimum Gasteiger partial charge on any atom is -0.378 e. The van der Waals surface area contributed by atoms with E-state index in [1.54, 1.807) is 0 Å². The molecule has 2 unspecified atom stereocenters. The van der Waals surface area contributed by atoms with Gasteiger partial charge in [0.25, 0.3) is 0 Å². The summed E-state index contributed by atoms with van der Waals surface area (Å²) < 4.78 is 5.85. The van der Waals surface area contributed by atoms with Crippen molar-refractivity contribution in [3.63, 3.8) is 0 Å². The van der Waals surface area contributed by atoms with Crippen molar-refractivity contribution in [1.29, 1.82) is 0 Å². The van der Waals surface area contributed by atoms with Crippen LogP contribution < -0.4 is 5.32 Å². The third-order valence-electron chi connectivity index (χ3n) is 3.78. The van der Waals surface area contributed by atoms with Gasteiger partial charge in [-0.3, -0.25) is 0 Å². The van der Waals surface area contributed by atoms with Crippen molar-refractivity contribution in [2.75, 3.05) is 13.2 Å². The molecular weight excluding hydrogens is 222 g/mol. The normalized spacial score (nSPS) is 21.7. The van der Waals surface area contributed by atoms with Crippen LogP contribution in [0.5, 0.6) is 0 Å². The summed E-state index contributed by atoms with van der Waals surface area (Å²) in [6.07, 6.45) is 14.0. The first kappa shape index (κ1) is 15.7. The topological polar surface area (TPSA) is 21.3 Å². The predicted molar refractivity (Wildman–Crippen MR) is 79.0 cm³/mol. The smallest absolute Gasteiger partial charge is 0.0590 e. The third-order valence-corrected chi connectivity index (χ3v) is 3.78. The fourth-order valence-corrected chi connectivity index (χ4v) is 2.76. The van der Waals surface area contributed by atoms with Gasteiger partial charge in [-0.1, -0.05) is 25.8 Å². The largest absolute Gasteiger partial charge is 0.378 e. The molecule has 1 aliphatic rings. The number of hydrogen-bond acceptors (Lipinski definition) is 2. The van der Waals surface area contributed by atoms with E-state index in [9.17, 15) is 0 Å². The van der Waals surface area contributed by atoms with Gasteiger partial charge in [-0.25, -0.2) is 0 Å². The zero-order valence-electron chi connectivity index (χ0n) is 12.1. The van der Waals surface area contributed by atoms with Crippen molar-refractivity contribution in [1.82, 2.24) is 5.32 Å². The molecule has 1 fully saturated rings. The summed E-state index contributed by atoms with van der Waals surface area (Å²) in [7, 11) is 0. The summed E-state index contributed by atoms with van der Waals surface area (Å²) in [5, 5.41) is 3.62. The number of unbranched alkanes of at least 4 members (excludes halogenated alkanes) is 3. The first-order valence-electron chi connectivity index (χ1n) is 7.82. The highest BCUT2D eigenvalue weighted by Crippen LogP contribution is 2.19. The molecule has 0 aromatic carbocycles. The third kappa shape index (κ3) is 7.17. The first-order chi connectivity index (χ1) is 8.86. The Morgan fingerprint density at radius 1 is 1.33 bits per heavy atom. The van der Waals surface area contributed by atoms with Crippen LogP contribution >= 0.6 is 0 Å². The lowest BCUT2D eigenvalue weighted by Crippen LogP contribution is -2.34. The molecule has 1 saturated heterocycles. The van der Waals surface area contributed by atoms with Gasteiger partial charge in [-0.2, -0.15) is 0 Å². The average molecular weight is 253 g/mol. The Balaban J connectivity index is 2.14. The molecule has 106 valence electrons. The van der Waals surface area contributed by atoms with Gasteiger partial charge in [-0.15, -0.1) is 6.58 Å². The van der Waals surface area contributed by atoms with Crippen LogP contribution in [0.2, 0.25) is 0 Å². The summed E-state index contributed by atoms with van der Waals surface area (Å²) in [4.78, 5) is 0. The summed E-state index contributed by atoms with van der Waals surface area (Å²) in [5.74, 6) is 0. The molecule has 18 heavy (non-hydrogen) atoms. The molecular formula is C16H31NO. The Labute approximate surface area is 113 Å². The van der Waals surface area contributed by atoms with Crippen LogP contribution in [0, 0.1) is 0 Å². The molecule has 0 aliphatic carbocycles. The minimum atomic E-state index is 0.510. The summed E-state index contributed by atoms with van der Waals surface area (Å²) in [6, 6.07) is 0.654. The molecule has 0 bridgehead atoms. The van der Waals surface area contributed by atoms with Gasteiger partial charge in [0.05, 0.1) is 6.10 Å². The molecule has 0 spiro atoms. The van der Waals surface area contributed by atoms with E-state index in [2.05, 4.69) is 18.8 Å². The van der Waals surface area contributed by atoms with E-state index in [1.165, 1.54) is 51.4 Å². The van der Waals surface area contributed by atoms with Crippen LogP contribution in [0.1, 0.15) is 64.7 Å². The number of nitrogens with one attached hydrogen (secondary N) is 1. The van der Waals surface area contributed by atoms with Crippen molar-refractivity contribution in [2.45, 2.75) is 76.9 Å². The highest BCUT2D eigenvalue weighted by atomic mass is 16.5. The zero-order valence-corrected chi connectivity index (χ0v) is 12.1. The van der Waals surface area contributed by atoms with Gasteiger partial charge in [-0.05, 0) is 51.5 Å². The van der Waals surface area contributed by atoms with E-state index in [0.29, 0.717) is 12.1 Å².